The molecule has 1 aromatic carbocycles. The van der Waals surface area contributed by atoms with Crippen molar-refractivity contribution in [2.24, 2.45) is 10.3 Å². The fraction of sp³-hybridized carbons (Fsp3) is 0.500. The van der Waals surface area contributed by atoms with E-state index in [0.717, 1.165) is 30.8 Å². The maximum Gasteiger partial charge on any atom is 0.129 e. The van der Waals surface area contributed by atoms with Crippen LogP contribution in [0.2, 0.25) is 19.6 Å². The molecule has 0 aliphatic rings. The van der Waals surface area contributed by atoms with Crippen LogP contribution in [-0.4, -0.2) is 26.2 Å². The van der Waals surface area contributed by atoms with Gasteiger partial charge in [-0.3, -0.25) is 5.01 Å². The van der Waals surface area contributed by atoms with Crippen molar-refractivity contribution < 1.29 is 0 Å². The quantitative estimate of drug-likeness (QED) is 0.335. The smallest absolute Gasteiger partial charge is 0.129 e. The highest BCUT2D eigenvalue weighted by Gasteiger charge is 2.07. The first-order valence-corrected chi connectivity index (χ1v) is 10.7. The Balaban J connectivity index is 2.71. The second-order valence-corrected chi connectivity index (χ2v) is 10.5. The Kier molecular flexibility index (Phi) is 6.46. The zero-order chi connectivity index (χ0) is 15.0. The molecule has 1 rings (SSSR count). The minimum atomic E-state index is -1.31. The summed E-state index contributed by atoms with van der Waals surface area (Å²) in [4.78, 5) is 0. The molecule has 0 amide bonds. The second-order valence-electron chi connectivity index (χ2n) is 5.78. The van der Waals surface area contributed by atoms with E-state index in [1.165, 1.54) is 0 Å². The fourth-order valence-corrected chi connectivity index (χ4v) is 2.03. The summed E-state index contributed by atoms with van der Waals surface area (Å²) < 4.78 is 0. The van der Waals surface area contributed by atoms with E-state index in [4.69, 9.17) is 0 Å². The molecule has 1 aromatic rings. The predicted octanol–water partition coefficient (Wildman–Crippen LogP) is 4.65. The zero-order valence-electron chi connectivity index (χ0n) is 13.3. The third-order valence-electron chi connectivity index (χ3n) is 2.58. The van der Waals surface area contributed by atoms with Crippen molar-refractivity contribution in [2.45, 2.75) is 39.9 Å². The Bertz CT molecular complexity index is 489. The van der Waals surface area contributed by atoms with E-state index in [1.807, 2.05) is 29.3 Å². The summed E-state index contributed by atoms with van der Waals surface area (Å²) in [6.45, 7) is 12.8. The Hall–Kier alpha value is -1.60. The molecule has 0 radical (unpaired) electrons. The number of benzene rings is 1. The van der Waals surface area contributed by atoms with Gasteiger partial charge < -0.3 is 0 Å². The van der Waals surface area contributed by atoms with Crippen molar-refractivity contribution in [2.75, 3.05) is 13.1 Å². The lowest BCUT2D eigenvalue weighted by Gasteiger charge is -2.13. The summed E-state index contributed by atoms with van der Waals surface area (Å²) in [5.74, 6) is 3.24. The van der Waals surface area contributed by atoms with E-state index in [2.05, 4.69) is 55.3 Å². The van der Waals surface area contributed by atoms with Gasteiger partial charge in [0.25, 0.3) is 0 Å². The van der Waals surface area contributed by atoms with Crippen molar-refractivity contribution in [1.82, 2.24) is 5.01 Å². The van der Waals surface area contributed by atoms with Gasteiger partial charge in [-0.15, -0.1) is 10.7 Å². The predicted molar refractivity (Wildman–Crippen MR) is 88.7 cm³/mol. The van der Waals surface area contributed by atoms with Gasteiger partial charge in [0.15, 0.2) is 0 Å². The first-order valence-electron chi connectivity index (χ1n) is 7.24. The van der Waals surface area contributed by atoms with E-state index in [0.29, 0.717) is 0 Å². The lowest BCUT2D eigenvalue weighted by molar-refractivity contribution is 0.285. The fourth-order valence-electron chi connectivity index (χ4n) is 1.51. The van der Waals surface area contributed by atoms with Gasteiger partial charge in [0.1, 0.15) is 8.07 Å². The largest absolute Gasteiger partial charge is 0.279 e. The first kappa shape index (κ1) is 16.5. The molecule has 20 heavy (non-hydrogen) atoms. The monoisotopic (exact) mass is 287 g/mol. The summed E-state index contributed by atoms with van der Waals surface area (Å²) in [7, 11) is -1.31. The van der Waals surface area contributed by atoms with Crippen LogP contribution in [0, 0.1) is 11.5 Å². The summed E-state index contributed by atoms with van der Waals surface area (Å²) >= 11 is 0. The molecule has 0 saturated carbocycles. The van der Waals surface area contributed by atoms with Gasteiger partial charge in [0.2, 0.25) is 0 Å². The molecule has 3 nitrogen and oxygen atoms in total. The van der Waals surface area contributed by atoms with Crippen molar-refractivity contribution in [3.05, 3.63) is 29.8 Å². The molecule has 0 heterocycles. The lowest BCUT2D eigenvalue weighted by Crippen LogP contribution is -2.16. The minimum Gasteiger partial charge on any atom is -0.279 e. The molecule has 0 unspecified atom stereocenters. The molecule has 0 N–H and O–H groups in total. The Morgan fingerprint density at radius 2 is 1.75 bits per heavy atom. The van der Waals surface area contributed by atoms with E-state index < -0.39 is 8.07 Å². The van der Waals surface area contributed by atoms with Crippen LogP contribution in [0.1, 0.15) is 25.8 Å². The minimum absolute atomic E-state index is 0.873. The van der Waals surface area contributed by atoms with Crippen LogP contribution in [0.15, 0.2) is 34.6 Å². The maximum atomic E-state index is 4.26. The molecular weight excluding hydrogens is 262 g/mol. The van der Waals surface area contributed by atoms with Crippen LogP contribution < -0.4 is 0 Å². The number of hydrogen-bond donors (Lipinski definition) is 0. The third kappa shape index (κ3) is 6.53. The van der Waals surface area contributed by atoms with Gasteiger partial charge in [-0.2, -0.15) is 0 Å². The topological polar surface area (TPSA) is 28.0 Å². The van der Waals surface area contributed by atoms with Crippen LogP contribution in [0.4, 0.5) is 5.69 Å². The average Bonchev–Trinajstić information content (AvgIpc) is 2.41. The van der Waals surface area contributed by atoms with Crippen LogP contribution in [0.5, 0.6) is 0 Å². The summed E-state index contributed by atoms with van der Waals surface area (Å²) in [5.41, 5.74) is 5.28. The zero-order valence-corrected chi connectivity index (χ0v) is 14.3. The molecule has 0 saturated heterocycles. The van der Waals surface area contributed by atoms with Crippen molar-refractivity contribution in [3.63, 3.8) is 0 Å². The van der Waals surface area contributed by atoms with E-state index in [1.54, 1.807) is 0 Å². The average molecular weight is 287 g/mol. The highest BCUT2D eigenvalue weighted by Crippen LogP contribution is 2.14. The number of hydrogen-bond acceptors (Lipinski definition) is 2. The Morgan fingerprint density at radius 3 is 2.25 bits per heavy atom. The van der Waals surface area contributed by atoms with Crippen LogP contribution >= 0.6 is 0 Å². The Morgan fingerprint density at radius 1 is 1.10 bits per heavy atom. The lowest BCUT2D eigenvalue weighted by atomic mass is 10.2. The molecular formula is C16H25N3Si. The van der Waals surface area contributed by atoms with Gasteiger partial charge in [0.05, 0.1) is 5.69 Å². The molecule has 0 bridgehead atoms. The van der Waals surface area contributed by atoms with Gasteiger partial charge in [0, 0.05) is 18.7 Å². The summed E-state index contributed by atoms with van der Waals surface area (Å²) in [5, 5.41) is 10.5. The van der Waals surface area contributed by atoms with E-state index in [-0.39, 0.29) is 0 Å². The highest BCUT2D eigenvalue weighted by atomic mass is 28.3. The SMILES string of the molecule is CCCN(CC)N=Nc1ccc(C#C[Si](C)(C)C)cc1. The molecule has 0 atom stereocenters. The molecule has 4 heteroatoms. The molecule has 0 aliphatic carbocycles. The van der Waals surface area contributed by atoms with Gasteiger partial charge in [-0.1, -0.05) is 37.7 Å². The molecule has 0 spiro atoms. The standard InChI is InChI=1S/C16H25N3Si/c1-6-13-19(7-2)18-17-16-10-8-15(9-11-16)12-14-20(3,4)5/h8-11H,6-7,13H2,1-5H3. The van der Waals surface area contributed by atoms with Crippen LogP contribution in [-0.2, 0) is 0 Å². The van der Waals surface area contributed by atoms with Crippen molar-refractivity contribution >= 4 is 13.8 Å². The maximum absolute atomic E-state index is 4.26. The van der Waals surface area contributed by atoms with E-state index >= 15 is 0 Å². The second kappa shape index (κ2) is 7.86. The molecule has 0 fully saturated rings. The van der Waals surface area contributed by atoms with Crippen LogP contribution in [0.25, 0.3) is 0 Å². The Labute approximate surface area is 124 Å². The summed E-state index contributed by atoms with van der Waals surface area (Å²) in [6.07, 6.45) is 1.08. The number of rotatable bonds is 5. The van der Waals surface area contributed by atoms with E-state index in [9.17, 15) is 0 Å². The first-order chi connectivity index (χ1) is 9.44. The molecule has 0 aromatic heterocycles. The number of nitrogens with zero attached hydrogens (tertiary/aromatic N) is 3. The van der Waals surface area contributed by atoms with Gasteiger partial charge in [-0.25, -0.2) is 0 Å². The van der Waals surface area contributed by atoms with Gasteiger partial charge >= 0.3 is 0 Å². The normalized spacial score (nSPS) is 11.2. The van der Waals surface area contributed by atoms with Crippen molar-refractivity contribution in [3.8, 4) is 11.5 Å². The summed E-state index contributed by atoms with van der Waals surface area (Å²) in [6, 6.07) is 7.96. The van der Waals surface area contributed by atoms with Crippen LogP contribution in [0.3, 0.4) is 0 Å². The molecule has 108 valence electrons. The molecule has 0 aliphatic heterocycles. The third-order valence-corrected chi connectivity index (χ3v) is 3.46. The van der Waals surface area contributed by atoms with Gasteiger partial charge in [-0.05, 0) is 37.6 Å². The van der Waals surface area contributed by atoms with Crippen molar-refractivity contribution in [1.29, 1.82) is 0 Å². The highest BCUT2D eigenvalue weighted by molar-refractivity contribution is 6.83.